The van der Waals surface area contributed by atoms with Gasteiger partial charge in [-0.1, -0.05) is 30.3 Å². The summed E-state index contributed by atoms with van der Waals surface area (Å²) < 4.78 is 16.2. The van der Waals surface area contributed by atoms with Gasteiger partial charge in [0, 0.05) is 0 Å². The summed E-state index contributed by atoms with van der Waals surface area (Å²) in [6.07, 6.45) is -0.654. The minimum atomic E-state index is -0.662. The molecule has 0 aliphatic carbocycles. The van der Waals surface area contributed by atoms with E-state index in [4.69, 9.17) is 14.2 Å². The van der Waals surface area contributed by atoms with Gasteiger partial charge in [0.05, 0.1) is 25.9 Å². The average Bonchev–Trinajstić information content (AvgIpc) is 2.46. The summed E-state index contributed by atoms with van der Waals surface area (Å²) in [6.45, 7) is 6.03. The van der Waals surface area contributed by atoms with Crippen LogP contribution in [0.1, 0.15) is 26.3 Å². The molecule has 6 heteroatoms. The molecule has 0 radical (unpaired) electrons. The van der Waals surface area contributed by atoms with Crippen molar-refractivity contribution < 1.29 is 23.8 Å². The number of nitrogens with zero attached hydrogens (tertiary/aromatic N) is 1. The number of imide groups is 1. The zero-order chi connectivity index (χ0) is 16.9. The van der Waals surface area contributed by atoms with Crippen molar-refractivity contribution in [3.05, 3.63) is 35.9 Å². The number of morpholine rings is 1. The van der Waals surface area contributed by atoms with E-state index >= 15 is 0 Å². The molecule has 1 aliphatic heterocycles. The lowest BCUT2D eigenvalue weighted by atomic mass is 10.2. The van der Waals surface area contributed by atoms with Crippen LogP contribution >= 0.6 is 0 Å². The maximum atomic E-state index is 12.2. The molecule has 0 N–H and O–H groups in total. The highest BCUT2D eigenvalue weighted by atomic mass is 16.6. The minimum absolute atomic E-state index is 0.117. The van der Waals surface area contributed by atoms with Gasteiger partial charge in [0.15, 0.2) is 0 Å². The van der Waals surface area contributed by atoms with Gasteiger partial charge in [-0.15, -0.1) is 0 Å². The van der Waals surface area contributed by atoms with Crippen molar-refractivity contribution in [2.24, 2.45) is 0 Å². The van der Waals surface area contributed by atoms with Gasteiger partial charge in [0.1, 0.15) is 12.2 Å². The Labute approximate surface area is 136 Å². The molecule has 23 heavy (non-hydrogen) atoms. The van der Waals surface area contributed by atoms with Crippen LogP contribution in [0, 0.1) is 0 Å². The Morgan fingerprint density at radius 2 is 2.00 bits per heavy atom. The molecule has 1 aliphatic rings. The maximum absolute atomic E-state index is 12.2. The van der Waals surface area contributed by atoms with Gasteiger partial charge in [0.25, 0.3) is 5.91 Å². The molecule has 2 amide bonds. The first kappa shape index (κ1) is 17.4. The third kappa shape index (κ3) is 5.33. The molecule has 126 valence electrons. The molecule has 0 aromatic heterocycles. The molecular formula is C17H23NO5. The van der Waals surface area contributed by atoms with Gasteiger partial charge in [-0.05, 0) is 26.3 Å². The molecule has 0 spiro atoms. The summed E-state index contributed by atoms with van der Waals surface area (Å²) in [6, 6.07) is 9.22. The Morgan fingerprint density at radius 1 is 1.30 bits per heavy atom. The number of amides is 2. The number of hydrogen-bond acceptors (Lipinski definition) is 5. The molecular weight excluding hydrogens is 298 g/mol. The monoisotopic (exact) mass is 321 g/mol. The van der Waals surface area contributed by atoms with Gasteiger partial charge in [-0.3, -0.25) is 4.79 Å². The van der Waals surface area contributed by atoms with E-state index in [1.54, 1.807) is 20.8 Å². The second-order valence-electron chi connectivity index (χ2n) is 6.41. The van der Waals surface area contributed by atoms with Crippen LogP contribution < -0.4 is 0 Å². The lowest BCUT2D eigenvalue weighted by Crippen LogP contribution is -2.55. The molecule has 0 bridgehead atoms. The van der Waals surface area contributed by atoms with Crippen LogP contribution in [-0.2, 0) is 25.6 Å². The number of carbonyl (C=O) groups is 2. The van der Waals surface area contributed by atoms with Crippen LogP contribution in [0.2, 0.25) is 0 Å². The largest absolute Gasteiger partial charge is 0.443 e. The Kier molecular flexibility index (Phi) is 5.74. The van der Waals surface area contributed by atoms with Crippen molar-refractivity contribution in [3.63, 3.8) is 0 Å². The first-order chi connectivity index (χ1) is 10.9. The van der Waals surface area contributed by atoms with Gasteiger partial charge in [-0.2, -0.15) is 0 Å². The van der Waals surface area contributed by atoms with Crippen LogP contribution in [0.3, 0.4) is 0 Å². The van der Waals surface area contributed by atoms with Crippen LogP contribution in [0.15, 0.2) is 30.3 Å². The van der Waals surface area contributed by atoms with E-state index in [2.05, 4.69) is 0 Å². The van der Waals surface area contributed by atoms with Crippen molar-refractivity contribution in [1.82, 2.24) is 4.90 Å². The predicted molar refractivity (Wildman–Crippen MR) is 83.8 cm³/mol. The van der Waals surface area contributed by atoms with Gasteiger partial charge >= 0.3 is 6.09 Å². The zero-order valence-corrected chi connectivity index (χ0v) is 13.8. The molecule has 1 unspecified atom stereocenters. The van der Waals surface area contributed by atoms with Crippen molar-refractivity contribution in [3.8, 4) is 0 Å². The summed E-state index contributed by atoms with van der Waals surface area (Å²) >= 11 is 0. The van der Waals surface area contributed by atoms with E-state index in [1.165, 1.54) is 0 Å². The van der Waals surface area contributed by atoms with Gasteiger partial charge < -0.3 is 14.2 Å². The van der Waals surface area contributed by atoms with E-state index in [-0.39, 0.29) is 19.8 Å². The summed E-state index contributed by atoms with van der Waals surface area (Å²) in [4.78, 5) is 25.4. The molecule has 1 fully saturated rings. The van der Waals surface area contributed by atoms with Crippen molar-refractivity contribution in [1.29, 1.82) is 0 Å². The molecule has 1 aromatic rings. The van der Waals surface area contributed by atoms with Crippen LogP contribution in [0.4, 0.5) is 4.79 Å². The van der Waals surface area contributed by atoms with Crippen LogP contribution in [0.5, 0.6) is 0 Å². The highest BCUT2D eigenvalue weighted by molar-refractivity contribution is 5.93. The fourth-order valence-corrected chi connectivity index (χ4v) is 2.20. The highest BCUT2D eigenvalue weighted by Gasteiger charge is 2.36. The Hall–Kier alpha value is -1.92. The van der Waals surface area contributed by atoms with E-state index in [0.29, 0.717) is 6.61 Å². The highest BCUT2D eigenvalue weighted by Crippen LogP contribution is 2.16. The quantitative estimate of drug-likeness (QED) is 0.852. The standard InChI is InChI=1S/C17H23NO5/c1-17(2,3)23-16(20)18-14(11-22-12-15(18)19)10-21-9-13-7-5-4-6-8-13/h4-8,14H,9-12H2,1-3H3. The summed E-state index contributed by atoms with van der Waals surface area (Å²) in [5.74, 6) is -0.404. The summed E-state index contributed by atoms with van der Waals surface area (Å²) in [7, 11) is 0. The fourth-order valence-electron chi connectivity index (χ4n) is 2.20. The van der Waals surface area contributed by atoms with Crippen LogP contribution in [0.25, 0.3) is 0 Å². The first-order valence-electron chi connectivity index (χ1n) is 7.61. The molecule has 1 heterocycles. The SMILES string of the molecule is CC(C)(C)OC(=O)N1C(=O)COCC1COCc1ccccc1. The van der Waals surface area contributed by atoms with Gasteiger partial charge in [0.2, 0.25) is 0 Å². The van der Waals surface area contributed by atoms with E-state index in [9.17, 15) is 9.59 Å². The number of ether oxygens (including phenoxy) is 3. The molecule has 1 saturated heterocycles. The zero-order valence-electron chi connectivity index (χ0n) is 13.8. The van der Waals surface area contributed by atoms with E-state index < -0.39 is 23.6 Å². The summed E-state index contributed by atoms with van der Waals surface area (Å²) in [5.41, 5.74) is 0.366. The smallest absolute Gasteiger partial charge is 0.417 e. The van der Waals surface area contributed by atoms with Crippen molar-refractivity contribution in [2.75, 3.05) is 19.8 Å². The Balaban J connectivity index is 1.94. The van der Waals surface area contributed by atoms with Crippen molar-refractivity contribution in [2.45, 2.75) is 39.0 Å². The first-order valence-corrected chi connectivity index (χ1v) is 7.61. The lowest BCUT2D eigenvalue weighted by Gasteiger charge is -2.34. The van der Waals surface area contributed by atoms with E-state index in [0.717, 1.165) is 10.5 Å². The fraction of sp³-hybridized carbons (Fsp3) is 0.529. The van der Waals surface area contributed by atoms with E-state index in [1.807, 2.05) is 30.3 Å². The third-order valence-electron chi connectivity index (χ3n) is 3.18. The predicted octanol–water partition coefficient (Wildman–Crippen LogP) is 2.37. The minimum Gasteiger partial charge on any atom is -0.443 e. The molecule has 0 saturated carbocycles. The second kappa shape index (κ2) is 7.57. The lowest BCUT2D eigenvalue weighted by molar-refractivity contribution is -0.149. The van der Waals surface area contributed by atoms with Crippen LogP contribution in [-0.4, -0.2) is 48.4 Å². The normalized spacial score (nSPS) is 18.8. The summed E-state index contributed by atoms with van der Waals surface area (Å²) in [5, 5.41) is 0. The third-order valence-corrected chi connectivity index (χ3v) is 3.18. The number of hydrogen-bond donors (Lipinski definition) is 0. The number of carbonyl (C=O) groups excluding carboxylic acids is 2. The molecule has 2 rings (SSSR count). The Bertz CT molecular complexity index is 538. The maximum Gasteiger partial charge on any atom is 0.417 e. The molecule has 6 nitrogen and oxygen atoms in total. The number of rotatable bonds is 4. The van der Waals surface area contributed by atoms with Gasteiger partial charge in [-0.25, -0.2) is 9.69 Å². The second-order valence-corrected chi connectivity index (χ2v) is 6.41. The molecule has 1 aromatic carbocycles. The Morgan fingerprint density at radius 3 is 2.65 bits per heavy atom. The number of benzene rings is 1. The van der Waals surface area contributed by atoms with Crippen molar-refractivity contribution >= 4 is 12.0 Å². The molecule has 1 atom stereocenters. The topological polar surface area (TPSA) is 65.1 Å². The average molecular weight is 321 g/mol.